The molecule has 0 saturated carbocycles. The predicted molar refractivity (Wildman–Crippen MR) is 154 cm³/mol. The van der Waals surface area contributed by atoms with Crippen LogP contribution in [0.5, 0.6) is 0 Å². The van der Waals surface area contributed by atoms with Gasteiger partial charge in [0.25, 0.3) is 15.9 Å². The maximum atomic E-state index is 13.4. The van der Waals surface area contributed by atoms with E-state index in [1.54, 1.807) is 30.3 Å². The molecule has 0 aliphatic rings. The fourth-order valence-corrected chi connectivity index (χ4v) is 5.70. The smallest absolute Gasteiger partial charge is 0.332 e. The summed E-state index contributed by atoms with van der Waals surface area (Å²) in [6.45, 7) is 4.37. The van der Waals surface area contributed by atoms with Gasteiger partial charge >= 0.3 is 6.18 Å². The molecule has 10 heteroatoms. The molecule has 0 saturated heterocycles. The van der Waals surface area contributed by atoms with E-state index in [4.69, 9.17) is 0 Å². The first-order valence-corrected chi connectivity index (χ1v) is 14.1. The van der Waals surface area contributed by atoms with Gasteiger partial charge < -0.3 is 9.88 Å². The molecule has 210 valence electrons. The van der Waals surface area contributed by atoms with Gasteiger partial charge in [-0.3, -0.25) is 9.52 Å². The number of rotatable bonds is 7. The van der Waals surface area contributed by atoms with Crippen molar-refractivity contribution in [1.82, 2.24) is 4.57 Å². The highest BCUT2D eigenvalue weighted by Gasteiger charge is 2.31. The molecule has 1 amide bonds. The Labute approximate surface area is 235 Å². The first-order chi connectivity index (χ1) is 19.4. The first-order valence-electron chi connectivity index (χ1n) is 12.7. The number of amides is 1. The molecule has 6 nitrogen and oxygen atoms in total. The lowest BCUT2D eigenvalue weighted by Crippen LogP contribution is -2.17. The molecule has 41 heavy (non-hydrogen) atoms. The van der Waals surface area contributed by atoms with Gasteiger partial charge in [-0.15, -0.1) is 0 Å². The molecular weight excluding hydrogens is 551 g/mol. The summed E-state index contributed by atoms with van der Waals surface area (Å²) in [5.41, 5.74) is 3.90. The molecule has 1 aromatic heterocycles. The van der Waals surface area contributed by atoms with Gasteiger partial charge in [-0.1, -0.05) is 48.0 Å². The van der Waals surface area contributed by atoms with Crippen LogP contribution in [-0.2, 0) is 22.7 Å². The van der Waals surface area contributed by atoms with Crippen LogP contribution in [0.4, 0.5) is 24.5 Å². The lowest BCUT2D eigenvalue weighted by molar-refractivity contribution is -0.137. The van der Waals surface area contributed by atoms with Gasteiger partial charge in [-0.25, -0.2) is 8.42 Å². The Balaban J connectivity index is 1.54. The number of benzene rings is 4. The highest BCUT2D eigenvalue weighted by Crippen LogP contribution is 2.32. The van der Waals surface area contributed by atoms with Crippen molar-refractivity contribution < 1.29 is 26.4 Å². The summed E-state index contributed by atoms with van der Waals surface area (Å²) in [5, 5.41) is 3.48. The van der Waals surface area contributed by atoms with Crippen molar-refractivity contribution in [2.45, 2.75) is 31.5 Å². The van der Waals surface area contributed by atoms with Crippen LogP contribution in [0.15, 0.2) is 102 Å². The summed E-state index contributed by atoms with van der Waals surface area (Å²) in [6, 6.07) is 25.1. The Morgan fingerprint density at radius 3 is 2.32 bits per heavy atom. The minimum absolute atomic E-state index is 0.147. The van der Waals surface area contributed by atoms with E-state index in [9.17, 15) is 26.4 Å². The van der Waals surface area contributed by atoms with Crippen LogP contribution in [-0.4, -0.2) is 18.9 Å². The van der Waals surface area contributed by atoms with E-state index < -0.39 is 26.7 Å². The number of fused-ring (bicyclic) bond motifs is 1. The molecule has 0 aliphatic heterocycles. The lowest BCUT2D eigenvalue weighted by atomic mass is 10.1. The third-order valence-electron chi connectivity index (χ3n) is 6.72. The lowest BCUT2D eigenvalue weighted by Gasteiger charge is -2.14. The number of alkyl halides is 3. The van der Waals surface area contributed by atoms with Gasteiger partial charge in [0.1, 0.15) is 5.69 Å². The van der Waals surface area contributed by atoms with Crippen LogP contribution in [0.3, 0.4) is 0 Å². The summed E-state index contributed by atoms with van der Waals surface area (Å²) in [7, 11) is -4.32. The summed E-state index contributed by atoms with van der Waals surface area (Å²) in [5.74, 6) is -0.344. The molecule has 1 heterocycles. The summed E-state index contributed by atoms with van der Waals surface area (Å²) in [6.07, 6.45) is -4.68. The number of anilines is 2. The Kier molecular flexibility index (Phi) is 7.35. The number of carbonyl (C=O) groups excluding carboxylic acids is 1. The monoisotopic (exact) mass is 577 g/mol. The number of nitrogens with zero attached hydrogens (tertiary/aromatic N) is 1. The molecule has 0 unspecified atom stereocenters. The average molecular weight is 578 g/mol. The van der Waals surface area contributed by atoms with Crippen LogP contribution < -0.4 is 10.0 Å². The quantitative estimate of drug-likeness (QED) is 0.212. The number of para-hydroxylation sites is 1. The van der Waals surface area contributed by atoms with Crippen molar-refractivity contribution in [3.05, 3.63) is 125 Å². The van der Waals surface area contributed by atoms with E-state index in [1.165, 1.54) is 6.07 Å². The Morgan fingerprint density at radius 2 is 1.59 bits per heavy atom. The summed E-state index contributed by atoms with van der Waals surface area (Å²) < 4.78 is 69.6. The SMILES string of the molecule is Cc1ccc(C)c(Cn2c(C(=O)Nc3ccccc3)cc3cc(NS(=O)(=O)c4cccc(C(F)(F)F)c4)ccc32)c1. The van der Waals surface area contributed by atoms with Crippen LogP contribution in [0, 0.1) is 13.8 Å². The molecule has 0 fully saturated rings. The van der Waals surface area contributed by atoms with Gasteiger partial charge in [-0.05, 0) is 79.6 Å². The van der Waals surface area contributed by atoms with Crippen molar-refractivity contribution in [3.63, 3.8) is 0 Å². The van der Waals surface area contributed by atoms with E-state index in [1.807, 2.05) is 48.7 Å². The van der Waals surface area contributed by atoms with Crippen molar-refractivity contribution in [3.8, 4) is 0 Å². The number of hydrogen-bond donors (Lipinski definition) is 2. The number of nitrogens with one attached hydrogen (secondary N) is 2. The number of halogens is 3. The summed E-state index contributed by atoms with van der Waals surface area (Å²) >= 11 is 0. The second-order valence-corrected chi connectivity index (χ2v) is 11.5. The Bertz CT molecular complexity index is 1860. The van der Waals surface area contributed by atoms with Crippen molar-refractivity contribution in [1.29, 1.82) is 0 Å². The molecule has 0 atom stereocenters. The zero-order valence-corrected chi connectivity index (χ0v) is 23.0. The van der Waals surface area contributed by atoms with Crippen molar-refractivity contribution >= 4 is 38.2 Å². The number of aryl methyl sites for hydroxylation is 2. The topological polar surface area (TPSA) is 80.2 Å². The standard InChI is InChI=1S/C31H26F3N3O3S/c1-20-11-12-21(2)23(15-20)19-37-28-14-13-26(36-41(39,40)27-10-6-7-24(18-27)31(32,33)34)16-22(28)17-29(37)30(38)35-25-8-4-3-5-9-25/h3-18,36H,19H2,1-2H3,(H,35,38). The molecule has 5 rings (SSSR count). The van der Waals surface area contributed by atoms with Crippen LogP contribution >= 0.6 is 0 Å². The zero-order valence-electron chi connectivity index (χ0n) is 22.2. The predicted octanol–water partition coefficient (Wildman–Crippen LogP) is 7.38. The maximum Gasteiger partial charge on any atom is 0.416 e. The molecular formula is C31H26F3N3O3S. The molecule has 2 N–H and O–H groups in total. The minimum Gasteiger partial charge on any atom is -0.332 e. The summed E-state index contributed by atoms with van der Waals surface area (Å²) in [4.78, 5) is 12.9. The number of sulfonamides is 1. The highest BCUT2D eigenvalue weighted by molar-refractivity contribution is 7.92. The number of carbonyl (C=O) groups is 1. The fourth-order valence-electron chi connectivity index (χ4n) is 4.60. The third-order valence-corrected chi connectivity index (χ3v) is 8.10. The molecule has 0 spiro atoms. The average Bonchev–Trinajstić information content (AvgIpc) is 3.28. The normalized spacial score (nSPS) is 11.9. The van der Waals surface area contributed by atoms with Gasteiger partial charge in [-0.2, -0.15) is 13.2 Å². The van der Waals surface area contributed by atoms with Crippen LogP contribution in [0.25, 0.3) is 10.9 Å². The van der Waals surface area contributed by atoms with Gasteiger partial charge in [0, 0.05) is 28.8 Å². The van der Waals surface area contributed by atoms with E-state index in [2.05, 4.69) is 16.1 Å². The Morgan fingerprint density at radius 1 is 0.829 bits per heavy atom. The molecule has 0 bridgehead atoms. The molecule has 5 aromatic rings. The molecule has 4 aromatic carbocycles. The maximum absolute atomic E-state index is 13.4. The van der Waals surface area contributed by atoms with Crippen LogP contribution in [0.2, 0.25) is 0 Å². The second kappa shape index (κ2) is 10.8. The highest BCUT2D eigenvalue weighted by atomic mass is 32.2. The largest absolute Gasteiger partial charge is 0.416 e. The van der Waals surface area contributed by atoms with Crippen molar-refractivity contribution in [2.75, 3.05) is 10.0 Å². The number of aromatic nitrogens is 1. The van der Waals surface area contributed by atoms with Gasteiger partial charge in [0.15, 0.2) is 0 Å². The fraction of sp³-hybridized carbons (Fsp3) is 0.129. The third kappa shape index (κ3) is 6.12. The van der Waals surface area contributed by atoms with Gasteiger partial charge in [0.05, 0.1) is 10.5 Å². The van der Waals surface area contributed by atoms with Crippen molar-refractivity contribution in [2.24, 2.45) is 0 Å². The van der Waals surface area contributed by atoms with E-state index in [0.29, 0.717) is 34.9 Å². The molecule has 0 radical (unpaired) electrons. The number of hydrogen-bond acceptors (Lipinski definition) is 3. The van der Waals surface area contributed by atoms with E-state index >= 15 is 0 Å². The van der Waals surface area contributed by atoms with E-state index in [-0.39, 0.29) is 11.6 Å². The van der Waals surface area contributed by atoms with E-state index in [0.717, 1.165) is 34.9 Å². The molecule has 0 aliphatic carbocycles. The van der Waals surface area contributed by atoms with Gasteiger partial charge in [0.2, 0.25) is 0 Å². The first kappa shape index (κ1) is 28.0. The van der Waals surface area contributed by atoms with Crippen LogP contribution in [0.1, 0.15) is 32.7 Å². The second-order valence-electron chi connectivity index (χ2n) is 9.77. The minimum atomic E-state index is -4.68. The zero-order chi connectivity index (χ0) is 29.4. The Hall–Kier alpha value is -4.57.